The lowest BCUT2D eigenvalue weighted by Crippen LogP contribution is -2.52. The van der Waals surface area contributed by atoms with Crippen LogP contribution in [-0.2, 0) is 6.42 Å². The Morgan fingerprint density at radius 2 is 2.22 bits per heavy atom. The number of halogens is 1. The number of para-hydroxylation sites is 1. The number of nitrogens with zero attached hydrogens (tertiary/aromatic N) is 4. The highest BCUT2D eigenvalue weighted by molar-refractivity contribution is 5.90. The van der Waals surface area contributed by atoms with E-state index < -0.39 is 0 Å². The third-order valence-corrected chi connectivity index (χ3v) is 4.02. The Balaban J connectivity index is 1.96. The summed E-state index contributed by atoms with van der Waals surface area (Å²) in [4.78, 5) is 18.8. The Kier molecular flexibility index (Phi) is 4.38. The van der Waals surface area contributed by atoms with Crippen molar-refractivity contribution in [1.29, 1.82) is 0 Å². The Labute approximate surface area is 134 Å². The van der Waals surface area contributed by atoms with Gasteiger partial charge in [0.05, 0.1) is 0 Å². The summed E-state index contributed by atoms with van der Waals surface area (Å²) in [5.74, 6) is 0.102. The molecule has 1 aliphatic rings. The molecule has 3 rings (SSSR count). The fourth-order valence-electron chi connectivity index (χ4n) is 2.75. The topological polar surface area (TPSA) is 63.1 Å². The second-order valence-electron chi connectivity index (χ2n) is 5.62. The van der Waals surface area contributed by atoms with Crippen molar-refractivity contribution >= 4 is 5.91 Å². The van der Waals surface area contributed by atoms with Crippen molar-refractivity contribution in [2.45, 2.75) is 26.3 Å². The molecule has 0 unspecified atom stereocenters. The van der Waals surface area contributed by atoms with E-state index in [0.29, 0.717) is 24.5 Å². The molecule has 6 nitrogen and oxygen atoms in total. The Morgan fingerprint density at radius 1 is 1.43 bits per heavy atom. The molecular weight excluding hydrogens is 297 g/mol. The first-order valence-electron chi connectivity index (χ1n) is 7.84. The summed E-state index contributed by atoms with van der Waals surface area (Å²) in [5.41, 5.74) is 0.309. The lowest BCUT2D eigenvalue weighted by molar-refractivity contribution is 0.0643. The summed E-state index contributed by atoms with van der Waals surface area (Å²) in [5, 5.41) is 7.52. The number of carbonyl (C=O) groups is 1. The van der Waals surface area contributed by atoms with Crippen LogP contribution in [-0.4, -0.2) is 51.2 Å². The van der Waals surface area contributed by atoms with Gasteiger partial charge in [-0.3, -0.25) is 4.79 Å². The van der Waals surface area contributed by atoms with Crippen LogP contribution in [0.4, 0.5) is 4.39 Å². The monoisotopic (exact) mass is 317 g/mol. The Hall–Kier alpha value is -2.28. The van der Waals surface area contributed by atoms with E-state index in [-0.39, 0.29) is 23.6 Å². The van der Waals surface area contributed by atoms with E-state index in [1.54, 1.807) is 23.1 Å². The first kappa shape index (κ1) is 15.6. The number of benzene rings is 1. The molecule has 0 aliphatic carbocycles. The third-order valence-electron chi connectivity index (χ3n) is 4.02. The first-order chi connectivity index (χ1) is 11.1. The normalized spacial score (nSPS) is 18.2. The lowest BCUT2D eigenvalue weighted by atomic mass is 10.2. The van der Waals surface area contributed by atoms with Crippen molar-refractivity contribution in [3.8, 4) is 5.69 Å². The molecule has 0 saturated carbocycles. The number of aryl methyl sites for hydroxylation is 1. The van der Waals surface area contributed by atoms with E-state index in [2.05, 4.69) is 15.4 Å². The number of hydrogen-bond donors (Lipinski definition) is 1. The number of aromatic nitrogens is 3. The number of piperazine rings is 1. The third kappa shape index (κ3) is 2.96. The highest BCUT2D eigenvalue weighted by Gasteiger charge is 2.28. The number of nitrogens with one attached hydrogen (secondary N) is 1. The van der Waals surface area contributed by atoms with Gasteiger partial charge >= 0.3 is 0 Å². The van der Waals surface area contributed by atoms with Crippen LogP contribution in [0.25, 0.3) is 5.69 Å². The molecule has 0 spiro atoms. The second kappa shape index (κ2) is 6.45. The molecule has 1 aromatic carbocycles. The van der Waals surface area contributed by atoms with Gasteiger partial charge in [0.2, 0.25) is 5.82 Å². The minimum absolute atomic E-state index is 0.0849. The fourth-order valence-corrected chi connectivity index (χ4v) is 2.75. The summed E-state index contributed by atoms with van der Waals surface area (Å²) in [6.45, 7) is 6.02. The van der Waals surface area contributed by atoms with Crippen LogP contribution >= 0.6 is 0 Å². The van der Waals surface area contributed by atoms with E-state index in [4.69, 9.17) is 0 Å². The van der Waals surface area contributed by atoms with Gasteiger partial charge in [-0.05, 0) is 19.1 Å². The van der Waals surface area contributed by atoms with E-state index in [9.17, 15) is 9.18 Å². The van der Waals surface area contributed by atoms with E-state index in [0.717, 1.165) is 13.1 Å². The van der Waals surface area contributed by atoms with E-state index >= 15 is 0 Å². The first-order valence-corrected chi connectivity index (χ1v) is 7.84. The molecule has 1 aromatic heterocycles. The average molecular weight is 317 g/mol. The molecule has 1 atom stereocenters. The van der Waals surface area contributed by atoms with Gasteiger partial charge in [0.15, 0.2) is 0 Å². The molecule has 1 fully saturated rings. The highest BCUT2D eigenvalue weighted by atomic mass is 19.1. The van der Waals surface area contributed by atoms with Crippen LogP contribution in [0, 0.1) is 5.82 Å². The van der Waals surface area contributed by atoms with Crippen molar-refractivity contribution in [2.24, 2.45) is 0 Å². The van der Waals surface area contributed by atoms with Crippen molar-refractivity contribution in [2.75, 3.05) is 19.6 Å². The summed E-state index contributed by atoms with van der Waals surface area (Å²) in [6, 6.07) is 6.44. The van der Waals surface area contributed by atoms with Gasteiger partial charge in [0.1, 0.15) is 17.3 Å². The zero-order chi connectivity index (χ0) is 16.4. The lowest BCUT2D eigenvalue weighted by Gasteiger charge is -2.33. The SMILES string of the molecule is CCc1nc(C(=O)N2CCNC[C@@H]2C)nn1-c1ccccc1F. The van der Waals surface area contributed by atoms with Crippen LogP contribution in [0.3, 0.4) is 0 Å². The smallest absolute Gasteiger partial charge is 0.293 e. The quantitative estimate of drug-likeness (QED) is 0.929. The predicted octanol–water partition coefficient (Wildman–Crippen LogP) is 1.40. The molecule has 7 heteroatoms. The van der Waals surface area contributed by atoms with E-state index in [1.807, 2.05) is 13.8 Å². The van der Waals surface area contributed by atoms with Gasteiger partial charge < -0.3 is 10.2 Å². The van der Waals surface area contributed by atoms with Crippen LogP contribution < -0.4 is 5.32 Å². The average Bonchev–Trinajstić information content (AvgIpc) is 2.99. The van der Waals surface area contributed by atoms with Gasteiger partial charge in [-0.15, -0.1) is 5.10 Å². The molecule has 2 aromatic rings. The van der Waals surface area contributed by atoms with Gasteiger partial charge in [-0.2, -0.15) is 0 Å². The maximum absolute atomic E-state index is 14.0. The molecule has 0 radical (unpaired) electrons. The van der Waals surface area contributed by atoms with Crippen molar-refractivity contribution < 1.29 is 9.18 Å². The van der Waals surface area contributed by atoms with Crippen LogP contribution in [0.15, 0.2) is 24.3 Å². The van der Waals surface area contributed by atoms with Gasteiger partial charge in [0.25, 0.3) is 5.91 Å². The highest BCUT2D eigenvalue weighted by Crippen LogP contribution is 2.16. The van der Waals surface area contributed by atoms with Gasteiger partial charge in [-0.1, -0.05) is 19.1 Å². The number of carbonyl (C=O) groups excluding carboxylic acids is 1. The molecular formula is C16H20FN5O. The second-order valence-corrected chi connectivity index (χ2v) is 5.62. The molecule has 1 aliphatic heterocycles. The number of amides is 1. The molecule has 122 valence electrons. The minimum Gasteiger partial charge on any atom is -0.331 e. The van der Waals surface area contributed by atoms with Crippen LogP contribution in [0.5, 0.6) is 0 Å². The summed E-state index contributed by atoms with van der Waals surface area (Å²) >= 11 is 0. The minimum atomic E-state index is -0.387. The number of hydrogen-bond acceptors (Lipinski definition) is 4. The van der Waals surface area contributed by atoms with Crippen LogP contribution in [0.2, 0.25) is 0 Å². The van der Waals surface area contributed by atoms with Crippen molar-refractivity contribution in [1.82, 2.24) is 25.0 Å². The summed E-state index contributed by atoms with van der Waals surface area (Å²) in [7, 11) is 0. The molecule has 23 heavy (non-hydrogen) atoms. The zero-order valence-corrected chi connectivity index (χ0v) is 13.3. The summed E-state index contributed by atoms with van der Waals surface area (Å²) in [6.07, 6.45) is 0.561. The standard InChI is InChI=1S/C16H20FN5O/c1-3-14-19-15(16(23)21-9-8-18-10-11(21)2)20-22(14)13-7-5-4-6-12(13)17/h4-7,11,18H,3,8-10H2,1-2H3/t11-/m0/s1. The van der Waals surface area contributed by atoms with Gasteiger partial charge in [0, 0.05) is 32.1 Å². The molecule has 0 bridgehead atoms. The maximum Gasteiger partial charge on any atom is 0.293 e. The maximum atomic E-state index is 14.0. The Bertz CT molecular complexity index is 714. The molecule has 1 saturated heterocycles. The largest absolute Gasteiger partial charge is 0.331 e. The fraction of sp³-hybridized carbons (Fsp3) is 0.438. The van der Waals surface area contributed by atoms with Crippen molar-refractivity contribution in [3.63, 3.8) is 0 Å². The van der Waals surface area contributed by atoms with Crippen molar-refractivity contribution in [3.05, 3.63) is 41.7 Å². The van der Waals surface area contributed by atoms with Crippen LogP contribution in [0.1, 0.15) is 30.3 Å². The van der Waals surface area contributed by atoms with E-state index in [1.165, 1.54) is 10.7 Å². The number of rotatable bonds is 3. The summed E-state index contributed by atoms with van der Waals surface area (Å²) < 4.78 is 15.5. The zero-order valence-electron chi connectivity index (χ0n) is 13.3. The predicted molar refractivity (Wildman–Crippen MR) is 84.1 cm³/mol. The Morgan fingerprint density at radius 3 is 2.91 bits per heavy atom. The molecule has 1 amide bonds. The molecule has 2 heterocycles. The molecule has 1 N–H and O–H groups in total. The van der Waals surface area contributed by atoms with Gasteiger partial charge in [-0.25, -0.2) is 14.1 Å².